The molecule has 1 heterocycles. The average molecular weight is 282 g/mol. The molecule has 19 heavy (non-hydrogen) atoms. The molecule has 0 atom stereocenters. The molecule has 0 aliphatic heterocycles. The zero-order chi connectivity index (χ0) is 13.7. The molecule has 1 saturated carbocycles. The number of esters is 1. The molecule has 1 fully saturated rings. The molecule has 1 aromatic rings. The van der Waals surface area contributed by atoms with Gasteiger partial charge in [0.1, 0.15) is 17.7 Å². The summed E-state index contributed by atoms with van der Waals surface area (Å²) in [6.45, 7) is 0. The first-order valence-corrected chi connectivity index (χ1v) is 7.34. The molecule has 0 amide bonds. The molecule has 0 aromatic carbocycles. The van der Waals surface area contributed by atoms with Crippen molar-refractivity contribution in [2.45, 2.75) is 43.4 Å². The number of carbonyl (C=O) groups is 1. The highest BCUT2D eigenvalue weighted by Crippen LogP contribution is 2.22. The lowest BCUT2D eigenvalue weighted by molar-refractivity contribution is -0.147. The van der Waals surface area contributed by atoms with Crippen molar-refractivity contribution in [1.82, 2.24) is 9.97 Å². The predicted molar refractivity (Wildman–Crippen MR) is 74.5 cm³/mol. The van der Waals surface area contributed by atoms with Gasteiger partial charge in [0.15, 0.2) is 5.16 Å². The van der Waals surface area contributed by atoms with Crippen LogP contribution in [0.15, 0.2) is 11.2 Å². The Balaban J connectivity index is 1.79. The van der Waals surface area contributed by atoms with Crippen LogP contribution in [-0.2, 0) is 9.53 Å². The van der Waals surface area contributed by atoms with E-state index in [4.69, 9.17) is 16.2 Å². The molecular formula is C12H18N4O2S. The molecule has 1 aliphatic carbocycles. The van der Waals surface area contributed by atoms with E-state index in [0.717, 1.165) is 25.7 Å². The number of nitrogen functional groups attached to an aromatic ring is 2. The summed E-state index contributed by atoms with van der Waals surface area (Å²) in [4.78, 5) is 19.7. The Morgan fingerprint density at radius 1 is 1.26 bits per heavy atom. The van der Waals surface area contributed by atoms with E-state index in [2.05, 4.69) is 9.97 Å². The minimum atomic E-state index is -0.235. The Morgan fingerprint density at radius 2 is 1.89 bits per heavy atom. The van der Waals surface area contributed by atoms with Crippen molar-refractivity contribution in [3.63, 3.8) is 0 Å². The van der Waals surface area contributed by atoms with Crippen LogP contribution in [0, 0.1) is 0 Å². The number of rotatable bonds is 4. The van der Waals surface area contributed by atoms with Crippen molar-refractivity contribution in [1.29, 1.82) is 0 Å². The fraction of sp³-hybridized carbons (Fsp3) is 0.583. The molecule has 6 nitrogen and oxygen atoms in total. The van der Waals surface area contributed by atoms with Gasteiger partial charge in [0.2, 0.25) is 0 Å². The van der Waals surface area contributed by atoms with E-state index >= 15 is 0 Å². The fourth-order valence-corrected chi connectivity index (χ4v) is 2.71. The number of anilines is 2. The maximum atomic E-state index is 11.7. The monoisotopic (exact) mass is 282 g/mol. The van der Waals surface area contributed by atoms with Gasteiger partial charge in [-0.2, -0.15) is 0 Å². The quantitative estimate of drug-likeness (QED) is 0.491. The van der Waals surface area contributed by atoms with Gasteiger partial charge in [-0.15, -0.1) is 0 Å². The van der Waals surface area contributed by atoms with Gasteiger partial charge in [-0.1, -0.05) is 18.2 Å². The number of carbonyl (C=O) groups excluding carboxylic acids is 1. The summed E-state index contributed by atoms with van der Waals surface area (Å²) in [5, 5.41) is 0.401. The van der Waals surface area contributed by atoms with E-state index in [1.54, 1.807) is 0 Å². The van der Waals surface area contributed by atoms with Gasteiger partial charge in [0.25, 0.3) is 0 Å². The number of ether oxygens (including phenoxy) is 1. The first kappa shape index (κ1) is 13.9. The molecule has 0 saturated heterocycles. The lowest BCUT2D eigenvalue weighted by Gasteiger charge is -2.21. The van der Waals surface area contributed by atoms with Gasteiger partial charge >= 0.3 is 5.97 Å². The number of nitrogens with zero attached hydrogens (tertiary/aromatic N) is 2. The van der Waals surface area contributed by atoms with Crippen molar-refractivity contribution >= 4 is 29.4 Å². The summed E-state index contributed by atoms with van der Waals surface area (Å²) in [6.07, 6.45) is 5.53. The zero-order valence-electron chi connectivity index (χ0n) is 10.7. The van der Waals surface area contributed by atoms with Crippen LogP contribution in [0.5, 0.6) is 0 Å². The Bertz CT molecular complexity index is 429. The van der Waals surface area contributed by atoms with Crippen molar-refractivity contribution < 1.29 is 9.53 Å². The van der Waals surface area contributed by atoms with Gasteiger partial charge in [-0.3, -0.25) is 4.79 Å². The van der Waals surface area contributed by atoms with Gasteiger partial charge in [0.05, 0.1) is 5.75 Å². The molecule has 0 unspecified atom stereocenters. The van der Waals surface area contributed by atoms with E-state index in [1.807, 2.05) is 0 Å². The standard InChI is InChI=1S/C12H18N4O2S/c13-9-6-10(14)16-12(15-9)19-7-11(17)18-8-4-2-1-3-5-8/h6,8H,1-5,7H2,(H4,13,14,15,16). The van der Waals surface area contributed by atoms with Crippen molar-refractivity contribution in [3.05, 3.63) is 6.07 Å². The third kappa shape index (κ3) is 4.59. The second kappa shape index (κ2) is 6.60. The van der Waals surface area contributed by atoms with Crippen molar-refractivity contribution in [2.24, 2.45) is 0 Å². The predicted octanol–water partition coefficient (Wildman–Crippen LogP) is 1.61. The van der Waals surface area contributed by atoms with Crippen LogP contribution in [-0.4, -0.2) is 27.8 Å². The largest absolute Gasteiger partial charge is 0.462 e. The fourth-order valence-electron chi connectivity index (χ4n) is 2.05. The first-order valence-electron chi connectivity index (χ1n) is 6.36. The maximum Gasteiger partial charge on any atom is 0.316 e. The molecule has 1 aliphatic rings. The van der Waals surface area contributed by atoms with Gasteiger partial charge in [-0.05, 0) is 25.7 Å². The highest BCUT2D eigenvalue weighted by molar-refractivity contribution is 7.99. The van der Waals surface area contributed by atoms with Crippen LogP contribution < -0.4 is 11.5 Å². The Hall–Kier alpha value is -1.50. The summed E-state index contributed by atoms with van der Waals surface area (Å²) >= 11 is 1.19. The van der Waals surface area contributed by atoms with Crippen molar-refractivity contribution in [3.8, 4) is 0 Å². The highest BCUT2D eigenvalue weighted by Gasteiger charge is 2.18. The van der Waals surface area contributed by atoms with E-state index in [9.17, 15) is 4.79 Å². The van der Waals surface area contributed by atoms with E-state index < -0.39 is 0 Å². The topological polar surface area (TPSA) is 104 Å². The molecule has 7 heteroatoms. The molecule has 4 N–H and O–H groups in total. The molecule has 0 spiro atoms. The maximum absolute atomic E-state index is 11.7. The second-order valence-electron chi connectivity index (χ2n) is 4.54. The SMILES string of the molecule is Nc1cc(N)nc(SCC(=O)OC2CCCCC2)n1. The first-order chi connectivity index (χ1) is 9.13. The van der Waals surface area contributed by atoms with Gasteiger partial charge in [-0.25, -0.2) is 9.97 Å². The number of hydrogen-bond acceptors (Lipinski definition) is 7. The molecule has 104 valence electrons. The van der Waals surface area contributed by atoms with Crippen LogP contribution in [0.25, 0.3) is 0 Å². The zero-order valence-corrected chi connectivity index (χ0v) is 11.5. The van der Waals surface area contributed by atoms with E-state index in [1.165, 1.54) is 24.2 Å². The summed E-state index contributed by atoms with van der Waals surface area (Å²) in [5.74, 6) is 0.548. The lowest BCUT2D eigenvalue weighted by atomic mass is 9.98. The Kier molecular flexibility index (Phi) is 4.84. The summed E-state index contributed by atoms with van der Waals surface area (Å²) in [5.41, 5.74) is 11.1. The van der Waals surface area contributed by atoms with Crippen LogP contribution in [0.1, 0.15) is 32.1 Å². The van der Waals surface area contributed by atoms with Crippen molar-refractivity contribution in [2.75, 3.05) is 17.2 Å². The summed E-state index contributed by atoms with van der Waals surface area (Å²) < 4.78 is 5.40. The normalized spacial score (nSPS) is 16.2. The smallest absolute Gasteiger partial charge is 0.316 e. The molecule has 0 radical (unpaired) electrons. The Morgan fingerprint density at radius 3 is 2.53 bits per heavy atom. The number of aromatic nitrogens is 2. The average Bonchev–Trinajstić information content (AvgIpc) is 2.36. The van der Waals surface area contributed by atoms with Crippen LogP contribution in [0.2, 0.25) is 0 Å². The molecule has 2 rings (SSSR count). The third-order valence-corrected chi connectivity index (χ3v) is 3.74. The molecule has 1 aromatic heterocycles. The highest BCUT2D eigenvalue weighted by atomic mass is 32.2. The van der Waals surface area contributed by atoms with Crippen LogP contribution >= 0.6 is 11.8 Å². The minimum absolute atomic E-state index is 0.0775. The number of hydrogen-bond donors (Lipinski definition) is 2. The van der Waals surface area contributed by atoms with Crippen LogP contribution in [0.4, 0.5) is 11.6 Å². The number of thioether (sulfide) groups is 1. The van der Waals surface area contributed by atoms with E-state index in [0.29, 0.717) is 16.8 Å². The summed E-state index contributed by atoms with van der Waals surface area (Å²) in [7, 11) is 0. The van der Waals surface area contributed by atoms with Gasteiger partial charge < -0.3 is 16.2 Å². The van der Waals surface area contributed by atoms with E-state index in [-0.39, 0.29) is 17.8 Å². The second-order valence-corrected chi connectivity index (χ2v) is 5.48. The third-order valence-electron chi connectivity index (χ3n) is 2.91. The molecular weight excluding hydrogens is 264 g/mol. The van der Waals surface area contributed by atoms with Crippen LogP contribution in [0.3, 0.4) is 0 Å². The summed E-state index contributed by atoms with van der Waals surface area (Å²) in [6, 6.07) is 1.48. The number of nitrogens with two attached hydrogens (primary N) is 2. The molecule has 0 bridgehead atoms. The lowest BCUT2D eigenvalue weighted by Crippen LogP contribution is -2.22. The van der Waals surface area contributed by atoms with Gasteiger partial charge in [0, 0.05) is 6.07 Å². The minimum Gasteiger partial charge on any atom is -0.462 e. The Labute approximate surface area is 116 Å².